The summed E-state index contributed by atoms with van der Waals surface area (Å²) in [5, 5.41) is 0. The molecule has 0 spiro atoms. The highest BCUT2D eigenvalue weighted by Gasteiger charge is 2.46. The second kappa shape index (κ2) is 8.87. The first-order valence-corrected chi connectivity index (χ1v) is 9.97. The summed E-state index contributed by atoms with van der Waals surface area (Å²) in [5.41, 5.74) is 2.15. The summed E-state index contributed by atoms with van der Waals surface area (Å²) in [6, 6.07) is 20.7. The van der Waals surface area contributed by atoms with Crippen molar-refractivity contribution in [2.75, 3.05) is 33.3 Å². The lowest BCUT2D eigenvalue weighted by atomic mass is 9.97. The van der Waals surface area contributed by atoms with E-state index < -0.39 is 5.79 Å². The normalized spacial score (nSPS) is 24.0. The van der Waals surface area contributed by atoms with E-state index in [2.05, 4.69) is 55.6 Å². The van der Waals surface area contributed by atoms with E-state index in [1.54, 1.807) is 0 Å². The van der Waals surface area contributed by atoms with Crippen LogP contribution in [-0.2, 0) is 15.3 Å². The lowest BCUT2D eigenvalue weighted by molar-refractivity contribution is -0.911. The summed E-state index contributed by atoms with van der Waals surface area (Å²) < 4.78 is 14.2. The Morgan fingerprint density at radius 1 is 0.852 bits per heavy atom. The zero-order valence-corrected chi connectivity index (χ0v) is 17.7. The fraction of sp³-hybridized carbons (Fsp3) is 0.478. The molecule has 27 heavy (non-hydrogen) atoms. The average molecular weight is 432 g/mol. The Balaban J connectivity index is 0.00000210. The van der Waals surface area contributed by atoms with Crippen molar-refractivity contribution in [2.24, 2.45) is 0 Å². The Labute approximate surface area is 173 Å². The molecule has 2 fully saturated rings. The molecule has 1 unspecified atom stereocenters. The molecule has 2 aromatic carbocycles. The van der Waals surface area contributed by atoms with Crippen LogP contribution in [0, 0.1) is 0 Å². The summed E-state index contributed by atoms with van der Waals surface area (Å²) in [6.07, 6.45) is 5.51. The molecule has 0 saturated carbocycles. The molecule has 0 amide bonds. The number of rotatable bonds is 4. The highest BCUT2D eigenvalue weighted by atomic mass is 79.9. The van der Waals surface area contributed by atoms with Crippen LogP contribution in [0.25, 0.3) is 0 Å². The van der Waals surface area contributed by atoms with Gasteiger partial charge in [0.2, 0.25) is 5.79 Å². The fourth-order valence-electron chi connectivity index (χ4n) is 4.51. The summed E-state index contributed by atoms with van der Waals surface area (Å²) in [5.74, 6) is -0.780. The quantitative estimate of drug-likeness (QED) is 0.679. The molecule has 0 radical (unpaired) electrons. The lowest BCUT2D eigenvalue weighted by Gasteiger charge is -2.36. The van der Waals surface area contributed by atoms with Crippen molar-refractivity contribution >= 4 is 0 Å². The minimum absolute atomic E-state index is 0. The minimum atomic E-state index is -0.780. The van der Waals surface area contributed by atoms with Crippen LogP contribution in [0.15, 0.2) is 60.7 Å². The van der Waals surface area contributed by atoms with Crippen molar-refractivity contribution in [1.29, 1.82) is 0 Å². The van der Waals surface area contributed by atoms with Crippen molar-refractivity contribution < 1.29 is 30.9 Å². The van der Waals surface area contributed by atoms with Crippen LogP contribution in [0.2, 0.25) is 0 Å². The van der Waals surface area contributed by atoms with Crippen molar-refractivity contribution in [2.45, 2.75) is 37.6 Å². The largest absolute Gasteiger partial charge is 1.00 e. The number of likely N-dealkylation sites (N-methyl/N-ethyl adjacent to an activating group) is 1. The summed E-state index contributed by atoms with van der Waals surface area (Å²) in [7, 11) is 2.39. The molecule has 0 aromatic heterocycles. The molecule has 1 atom stereocenters. The van der Waals surface area contributed by atoms with Crippen molar-refractivity contribution in [3.63, 3.8) is 0 Å². The van der Waals surface area contributed by atoms with Crippen LogP contribution in [0.4, 0.5) is 0 Å². The summed E-state index contributed by atoms with van der Waals surface area (Å²) in [4.78, 5) is 0. The number of nitrogens with zero attached hydrogens (tertiary/aromatic N) is 1. The van der Waals surface area contributed by atoms with Gasteiger partial charge in [-0.15, -0.1) is 0 Å². The highest BCUT2D eigenvalue weighted by Crippen LogP contribution is 2.41. The van der Waals surface area contributed by atoms with Crippen LogP contribution in [0.1, 0.15) is 36.8 Å². The van der Waals surface area contributed by atoms with E-state index in [9.17, 15) is 0 Å². The van der Waals surface area contributed by atoms with Gasteiger partial charge in [0.1, 0.15) is 12.6 Å². The summed E-state index contributed by atoms with van der Waals surface area (Å²) >= 11 is 0. The molecule has 0 N–H and O–H groups in total. The van der Waals surface area contributed by atoms with Crippen LogP contribution in [0.5, 0.6) is 0 Å². The summed E-state index contributed by atoms with van der Waals surface area (Å²) in [6.45, 7) is 4.19. The maximum Gasteiger partial charge on any atom is 0.222 e. The number of quaternary nitrogens is 1. The van der Waals surface area contributed by atoms with Crippen molar-refractivity contribution in [1.82, 2.24) is 0 Å². The van der Waals surface area contributed by atoms with Crippen LogP contribution < -0.4 is 17.0 Å². The first-order chi connectivity index (χ1) is 12.7. The number of hydrogen-bond acceptors (Lipinski definition) is 2. The molecule has 2 heterocycles. The predicted octanol–water partition coefficient (Wildman–Crippen LogP) is 1.33. The molecule has 2 aromatic rings. The SMILES string of the molecule is C[N+]1(CC2COC(c3ccccc3)(c3ccccc3)O2)CCCCCC1.[Br-]. The fourth-order valence-corrected chi connectivity index (χ4v) is 4.51. The van der Waals surface area contributed by atoms with Gasteiger partial charge in [-0.1, -0.05) is 60.7 Å². The Kier molecular flexibility index (Phi) is 6.74. The number of halogens is 1. The monoisotopic (exact) mass is 431 g/mol. The molecule has 146 valence electrons. The first-order valence-electron chi connectivity index (χ1n) is 9.97. The molecule has 2 aliphatic rings. The van der Waals surface area contributed by atoms with E-state index in [1.165, 1.54) is 38.8 Å². The van der Waals surface area contributed by atoms with Gasteiger partial charge in [-0.05, 0) is 25.7 Å². The second-order valence-electron chi connectivity index (χ2n) is 8.06. The van der Waals surface area contributed by atoms with E-state index in [4.69, 9.17) is 9.47 Å². The third kappa shape index (κ3) is 4.45. The predicted molar refractivity (Wildman–Crippen MR) is 104 cm³/mol. The molecule has 0 aliphatic carbocycles. The van der Waals surface area contributed by atoms with Crippen molar-refractivity contribution in [3.05, 3.63) is 71.8 Å². The molecular weight excluding hydrogens is 402 g/mol. The molecular formula is C23H30BrNO2. The Bertz CT molecular complexity index is 659. The first kappa shape index (κ1) is 20.5. The molecule has 4 rings (SSSR count). The number of likely N-dealkylation sites (tertiary alicyclic amines) is 1. The molecule has 3 nitrogen and oxygen atoms in total. The third-order valence-electron chi connectivity index (χ3n) is 5.90. The van der Waals surface area contributed by atoms with E-state index in [0.29, 0.717) is 6.61 Å². The van der Waals surface area contributed by atoms with Gasteiger partial charge in [0, 0.05) is 11.1 Å². The topological polar surface area (TPSA) is 18.5 Å². The second-order valence-corrected chi connectivity index (χ2v) is 8.06. The van der Waals surface area contributed by atoms with Gasteiger partial charge in [-0.3, -0.25) is 0 Å². The maximum absolute atomic E-state index is 6.69. The minimum Gasteiger partial charge on any atom is -1.00 e. The van der Waals surface area contributed by atoms with Crippen LogP contribution >= 0.6 is 0 Å². The van der Waals surface area contributed by atoms with Crippen LogP contribution in [-0.4, -0.2) is 43.9 Å². The van der Waals surface area contributed by atoms with Gasteiger partial charge in [-0.25, -0.2) is 0 Å². The van der Waals surface area contributed by atoms with Gasteiger partial charge < -0.3 is 30.9 Å². The van der Waals surface area contributed by atoms with Gasteiger partial charge in [0.15, 0.2) is 0 Å². The third-order valence-corrected chi connectivity index (χ3v) is 5.90. The maximum atomic E-state index is 6.69. The lowest BCUT2D eigenvalue weighted by Crippen LogP contribution is -3.00. The molecule has 4 heteroatoms. The Hall–Kier alpha value is -1.20. The smallest absolute Gasteiger partial charge is 0.222 e. The van der Waals surface area contributed by atoms with Gasteiger partial charge in [0.05, 0.1) is 26.7 Å². The number of ether oxygens (including phenoxy) is 2. The van der Waals surface area contributed by atoms with Crippen LogP contribution in [0.3, 0.4) is 0 Å². The zero-order chi connectivity index (χ0) is 17.9. The Morgan fingerprint density at radius 2 is 1.37 bits per heavy atom. The van der Waals surface area contributed by atoms with E-state index in [0.717, 1.165) is 22.2 Å². The number of hydrogen-bond donors (Lipinski definition) is 0. The van der Waals surface area contributed by atoms with Crippen molar-refractivity contribution in [3.8, 4) is 0 Å². The molecule has 2 aliphatic heterocycles. The van der Waals surface area contributed by atoms with E-state index in [1.807, 2.05) is 12.1 Å². The Morgan fingerprint density at radius 3 is 1.89 bits per heavy atom. The zero-order valence-electron chi connectivity index (χ0n) is 16.1. The molecule has 0 bridgehead atoms. The van der Waals surface area contributed by atoms with Gasteiger partial charge in [-0.2, -0.15) is 0 Å². The van der Waals surface area contributed by atoms with Gasteiger partial charge in [0.25, 0.3) is 0 Å². The standard InChI is InChI=1S/C23H30NO2.BrH/c1-24(16-10-2-3-11-17-24)18-22-19-25-23(26-22,20-12-6-4-7-13-20)21-14-8-5-9-15-21;/h4-9,12-15,22H,2-3,10-11,16-19H2,1H3;1H/q+1;/p-1. The molecule has 2 saturated heterocycles. The number of benzene rings is 2. The van der Waals surface area contributed by atoms with E-state index in [-0.39, 0.29) is 23.1 Å². The average Bonchev–Trinajstić information content (AvgIpc) is 2.99. The van der Waals surface area contributed by atoms with E-state index >= 15 is 0 Å². The van der Waals surface area contributed by atoms with Gasteiger partial charge >= 0.3 is 0 Å². The highest BCUT2D eigenvalue weighted by molar-refractivity contribution is 5.34.